The molecule has 92 valence electrons. The van der Waals surface area contributed by atoms with Crippen LogP contribution in [0.5, 0.6) is 0 Å². The highest BCUT2D eigenvalue weighted by molar-refractivity contribution is 9.10. The van der Waals surface area contributed by atoms with Crippen LogP contribution in [0.1, 0.15) is 13.8 Å². The lowest BCUT2D eigenvalue weighted by molar-refractivity contribution is -0.144. The van der Waals surface area contributed by atoms with Crippen molar-refractivity contribution < 1.29 is 9.53 Å². The summed E-state index contributed by atoms with van der Waals surface area (Å²) >= 11 is 3.32. The molecule has 0 bridgehead atoms. The maximum absolute atomic E-state index is 11.3. The molecule has 0 fully saturated rings. The molecule has 1 aromatic carbocycles. The van der Waals surface area contributed by atoms with Gasteiger partial charge in [0.05, 0.1) is 12.3 Å². The van der Waals surface area contributed by atoms with Crippen LogP contribution < -0.4 is 5.73 Å². The smallest absolute Gasteiger partial charge is 0.332 e. The van der Waals surface area contributed by atoms with Gasteiger partial charge in [-0.05, 0) is 48.0 Å². The predicted octanol–water partition coefficient (Wildman–Crippen LogP) is 3.07. The summed E-state index contributed by atoms with van der Waals surface area (Å²) in [7, 11) is 0. The molecule has 17 heavy (non-hydrogen) atoms. The zero-order valence-electron chi connectivity index (χ0n) is 9.68. The predicted molar refractivity (Wildman–Crippen MR) is 69.2 cm³/mol. The Balaban J connectivity index is 2.73. The van der Waals surface area contributed by atoms with E-state index in [-0.39, 0.29) is 5.97 Å². The van der Waals surface area contributed by atoms with Crippen LogP contribution in [0.4, 0.5) is 11.4 Å². The Morgan fingerprint density at radius 1 is 1.59 bits per heavy atom. The standard InChI is InChI=1S/C11H14BrN3O2/c1-3-17-11(16)7(2)14-15-10-5-4-8(13)6-9(10)12/h4-7H,3,13H2,1-2H3. The lowest BCUT2D eigenvalue weighted by Gasteiger charge is -2.04. The summed E-state index contributed by atoms with van der Waals surface area (Å²) in [6, 6.07) is 4.55. The second-order valence-electron chi connectivity index (χ2n) is 3.35. The molecule has 0 heterocycles. The third kappa shape index (κ3) is 4.14. The van der Waals surface area contributed by atoms with Gasteiger partial charge < -0.3 is 10.5 Å². The SMILES string of the molecule is CCOC(=O)C(C)N=Nc1ccc(N)cc1Br. The number of carbonyl (C=O) groups is 1. The Kier molecular flexibility index (Phi) is 5.09. The number of carbonyl (C=O) groups excluding carboxylic acids is 1. The number of rotatable bonds is 4. The van der Waals surface area contributed by atoms with E-state index < -0.39 is 6.04 Å². The number of halogens is 1. The second-order valence-corrected chi connectivity index (χ2v) is 4.21. The molecule has 6 heteroatoms. The van der Waals surface area contributed by atoms with Gasteiger partial charge in [0.2, 0.25) is 0 Å². The number of esters is 1. The van der Waals surface area contributed by atoms with Crippen LogP contribution in [0, 0.1) is 0 Å². The summed E-state index contributed by atoms with van der Waals surface area (Å²) in [6.45, 7) is 3.72. The number of nitrogens with zero attached hydrogens (tertiary/aromatic N) is 2. The molecule has 1 atom stereocenters. The van der Waals surface area contributed by atoms with E-state index >= 15 is 0 Å². The van der Waals surface area contributed by atoms with Crippen molar-refractivity contribution in [1.29, 1.82) is 0 Å². The number of benzene rings is 1. The molecular weight excluding hydrogens is 286 g/mol. The van der Waals surface area contributed by atoms with Gasteiger partial charge in [-0.3, -0.25) is 0 Å². The fraction of sp³-hybridized carbons (Fsp3) is 0.364. The fourth-order valence-electron chi connectivity index (χ4n) is 1.06. The Morgan fingerprint density at radius 3 is 2.88 bits per heavy atom. The molecular formula is C11H14BrN3O2. The summed E-state index contributed by atoms with van der Waals surface area (Å²) in [6.07, 6.45) is 0. The van der Waals surface area contributed by atoms with Gasteiger partial charge in [0.15, 0.2) is 6.04 Å². The lowest BCUT2D eigenvalue weighted by Crippen LogP contribution is -2.17. The molecule has 1 aromatic rings. The van der Waals surface area contributed by atoms with Gasteiger partial charge in [-0.25, -0.2) is 4.79 Å². The molecule has 2 N–H and O–H groups in total. The van der Waals surface area contributed by atoms with Gasteiger partial charge in [-0.2, -0.15) is 10.2 Å². The Morgan fingerprint density at radius 2 is 2.29 bits per heavy atom. The van der Waals surface area contributed by atoms with E-state index in [9.17, 15) is 4.79 Å². The van der Waals surface area contributed by atoms with Crippen molar-refractivity contribution in [2.75, 3.05) is 12.3 Å². The van der Waals surface area contributed by atoms with Crippen molar-refractivity contribution in [3.63, 3.8) is 0 Å². The first-order chi connectivity index (χ1) is 8.04. The van der Waals surface area contributed by atoms with Crippen LogP contribution in [0.25, 0.3) is 0 Å². The molecule has 0 aliphatic carbocycles. The number of azo groups is 1. The van der Waals surface area contributed by atoms with E-state index in [0.29, 0.717) is 18.0 Å². The van der Waals surface area contributed by atoms with Gasteiger partial charge >= 0.3 is 5.97 Å². The van der Waals surface area contributed by atoms with Crippen molar-refractivity contribution in [3.05, 3.63) is 22.7 Å². The summed E-state index contributed by atoms with van der Waals surface area (Å²) < 4.78 is 5.55. The number of nitrogens with two attached hydrogens (primary N) is 1. The Labute approximate surface area is 108 Å². The molecule has 1 unspecified atom stereocenters. The molecule has 0 radical (unpaired) electrons. The van der Waals surface area contributed by atoms with Gasteiger partial charge in [-0.15, -0.1) is 0 Å². The lowest BCUT2D eigenvalue weighted by atomic mass is 10.3. The average Bonchev–Trinajstić information content (AvgIpc) is 2.27. The van der Waals surface area contributed by atoms with E-state index in [0.717, 1.165) is 4.47 Å². The van der Waals surface area contributed by atoms with Crippen LogP contribution in [0.3, 0.4) is 0 Å². The normalized spacial score (nSPS) is 12.6. The third-order valence-corrected chi connectivity index (χ3v) is 2.57. The maximum Gasteiger partial charge on any atom is 0.332 e. The van der Waals surface area contributed by atoms with E-state index in [1.54, 1.807) is 32.0 Å². The van der Waals surface area contributed by atoms with Crippen LogP contribution >= 0.6 is 15.9 Å². The van der Waals surface area contributed by atoms with Crippen molar-refractivity contribution in [3.8, 4) is 0 Å². The minimum absolute atomic E-state index is 0.338. The monoisotopic (exact) mass is 299 g/mol. The zero-order chi connectivity index (χ0) is 12.8. The molecule has 0 aromatic heterocycles. The first-order valence-electron chi connectivity index (χ1n) is 5.17. The zero-order valence-corrected chi connectivity index (χ0v) is 11.3. The number of nitrogen functional groups attached to an aromatic ring is 1. The molecule has 0 saturated carbocycles. The molecule has 0 amide bonds. The van der Waals surface area contributed by atoms with Crippen molar-refractivity contribution in [2.45, 2.75) is 19.9 Å². The first-order valence-corrected chi connectivity index (χ1v) is 5.96. The number of hydrogen-bond acceptors (Lipinski definition) is 5. The van der Waals surface area contributed by atoms with Gasteiger partial charge in [0.25, 0.3) is 0 Å². The van der Waals surface area contributed by atoms with Crippen LogP contribution in [-0.4, -0.2) is 18.6 Å². The van der Waals surface area contributed by atoms with E-state index in [1.807, 2.05) is 0 Å². The minimum atomic E-state index is -0.612. The third-order valence-electron chi connectivity index (χ3n) is 1.94. The van der Waals surface area contributed by atoms with Crippen molar-refractivity contribution in [2.24, 2.45) is 10.2 Å². The molecule has 0 aliphatic heterocycles. The van der Waals surface area contributed by atoms with Crippen LogP contribution in [0.15, 0.2) is 32.9 Å². The molecule has 0 aliphatic rings. The van der Waals surface area contributed by atoms with E-state index in [1.165, 1.54) is 0 Å². The maximum atomic E-state index is 11.3. The summed E-state index contributed by atoms with van der Waals surface area (Å²) in [5.74, 6) is -0.386. The largest absolute Gasteiger partial charge is 0.464 e. The minimum Gasteiger partial charge on any atom is -0.464 e. The summed E-state index contributed by atoms with van der Waals surface area (Å²) in [5.41, 5.74) is 6.85. The molecule has 1 rings (SSSR count). The Bertz CT molecular complexity index is 435. The molecule has 0 saturated heterocycles. The fourth-order valence-corrected chi connectivity index (χ4v) is 1.54. The molecule has 0 spiro atoms. The summed E-state index contributed by atoms with van der Waals surface area (Å²) in [5, 5.41) is 7.85. The average molecular weight is 300 g/mol. The first kappa shape index (κ1) is 13.6. The topological polar surface area (TPSA) is 77.0 Å². The highest BCUT2D eigenvalue weighted by Crippen LogP contribution is 2.27. The highest BCUT2D eigenvalue weighted by Gasteiger charge is 2.12. The molecule has 5 nitrogen and oxygen atoms in total. The van der Waals surface area contributed by atoms with Crippen molar-refractivity contribution in [1.82, 2.24) is 0 Å². The van der Waals surface area contributed by atoms with E-state index in [4.69, 9.17) is 10.5 Å². The van der Waals surface area contributed by atoms with Crippen molar-refractivity contribution >= 4 is 33.3 Å². The number of anilines is 1. The highest BCUT2D eigenvalue weighted by atomic mass is 79.9. The summed E-state index contributed by atoms with van der Waals surface area (Å²) in [4.78, 5) is 11.3. The quantitative estimate of drug-likeness (QED) is 0.527. The van der Waals surface area contributed by atoms with Gasteiger partial charge in [-0.1, -0.05) is 0 Å². The van der Waals surface area contributed by atoms with Crippen LogP contribution in [-0.2, 0) is 9.53 Å². The Hall–Kier alpha value is -1.43. The number of hydrogen-bond donors (Lipinski definition) is 1. The van der Waals surface area contributed by atoms with Crippen LogP contribution in [0.2, 0.25) is 0 Å². The van der Waals surface area contributed by atoms with Gasteiger partial charge in [0.1, 0.15) is 0 Å². The second kappa shape index (κ2) is 6.34. The number of ether oxygens (including phenoxy) is 1. The van der Waals surface area contributed by atoms with Gasteiger partial charge in [0, 0.05) is 10.2 Å². The van der Waals surface area contributed by atoms with E-state index in [2.05, 4.69) is 26.2 Å².